The van der Waals surface area contributed by atoms with E-state index in [1.165, 1.54) is 6.20 Å². The van der Waals surface area contributed by atoms with Crippen molar-refractivity contribution in [2.24, 2.45) is 5.92 Å². The van der Waals surface area contributed by atoms with Crippen molar-refractivity contribution in [3.8, 4) is 0 Å². The van der Waals surface area contributed by atoms with Gasteiger partial charge in [-0.3, -0.25) is 14.6 Å². The summed E-state index contributed by atoms with van der Waals surface area (Å²) in [5, 5.41) is 9.17. The molecule has 3 rings (SSSR count). The first-order chi connectivity index (χ1) is 12.1. The summed E-state index contributed by atoms with van der Waals surface area (Å²) in [6.07, 6.45) is 4.17. The molecule has 1 aromatic heterocycles. The van der Waals surface area contributed by atoms with Crippen LogP contribution in [0.2, 0.25) is 0 Å². The number of piperidine rings is 1. The second-order valence-electron chi connectivity index (χ2n) is 6.33. The monoisotopic (exact) mass is 338 g/mol. The van der Waals surface area contributed by atoms with Crippen molar-refractivity contribution in [2.45, 2.75) is 19.4 Å². The van der Waals surface area contributed by atoms with E-state index in [0.29, 0.717) is 22.7 Å². The Morgan fingerprint density at radius 2 is 2.00 bits per heavy atom. The van der Waals surface area contributed by atoms with Gasteiger partial charge in [0.25, 0.3) is 11.8 Å². The summed E-state index contributed by atoms with van der Waals surface area (Å²) in [6.45, 7) is 3.92. The third kappa shape index (κ3) is 4.42. The fourth-order valence-electron chi connectivity index (χ4n) is 2.87. The molecule has 1 saturated heterocycles. The van der Waals surface area contributed by atoms with Crippen LogP contribution in [0.1, 0.15) is 34.1 Å². The third-order valence-electron chi connectivity index (χ3n) is 4.45. The number of hydrogen-bond donors (Lipinski definition) is 3. The highest BCUT2D eigenvalue weighted by Gasteiger charge is 2.23. The molecule has 1 aromatic carbocycles. The van der Waals surface area contributed by atoms with Crippen molar-refractivity contribution in [3.05, 3.63) is 59.9 Å². The van der Waals surface area contributed by atoms with Crippen LogP contribution >= 0.6 is 0 Å². The molecule has 2 atom stereocenters. The van der Waals surface area contributed by atoms with Crippen LogP contribution in [-0.4, -0.2) is 35.9 Å². The summed E-state index contributed by atoms with van der Waals surface area (Å²) in [4.78, 5) is 28.6. The highest BCUT2D eigenvalue weighted by molar-refractivity contribution is 6.04. The van der Waals surface area contributed by atoms with E-state index in [2.05, 4.69) is 27.9 Å². The zero-order chi connectivity index (χ0) is 17.6. The highest BCUT2D eigenvalue weighted by atomic mass is 16.2. The zero-order valence-electron chi connectivity index (χ0n) is 14.2. The van der Waals surface area contributed by atoms with Gasteiger partial charge < -0.3 is 16.0 Å². The Labute approximate surface area is 147 Å². The Bertz CT molecular complexity index is 748. The lowest BCUT2D eigenvalue weighted by Crippen LogP contribution is -2.50. The van der Waals surface area contributed by atoms with E-state index in [-0.39, 0.29) is 17.9 Å². The molecule has 0 radical (unpaired) electrons. The molecule has 1 aliphatic rings. The Balaban J connectivity index is 1.66. The standard InChI is InChI=1S/C19H22N4O2/c1-13-7-9-21-12-17(13)23-18(24)14-4-2-6-16(10-14)22-19(25)15-5-3-8-20-11-15/h2-6,8,10-11,13,17,21H,7,9,12H2,1H3,(H,22,25)(H,23,24). The Morgan fingerprint density at radius 1 is 1.16 bits per heavy atom. The second-order valence-corrected chi connectivity index (χ2v) is 6.33. The van der Waals surface area contributed by atoms with Crippen LogP contribution in [0.25, 0.3) is 0 Å². The van der Waals surface area contributed by atoms with E-state index in [4.69, 9.17) is 0 Å². The number of hydrogen-bond acceptors (Lipinski definition) is 4. The molecule has 0 aliphatic carbocycles. The smallest absolute Gasteiger partial charge is 0.257 e. The quantitative estimate of drug-likeness (QED) is 0.797. The van der Waals surface area contributed by atoms with Crippen LogP contribution in [0, 0.1) is 5.92 Å². The maximum absolute atomic E-state index is 12.5. The van der Waals surface area contributed by atoms with Crippen LogP contribution in [0.15, 0.2) is 48.8 Å². The van der Waals surface area contributed by atoms with E-state index in [9.17, 15) is 9.59 Å². The summed E-state index contributed by atoms with van der Waals surface area (Å²) in [5.74, 6) is 0.0625. The minimum absolute atomic E-state index is 0.120. The van der Waals surface area contributed by atoms with Gasteiger partial charge in [0.05, 0.1) is 5.56 Å². The first-order valence-corrected chi connectivity index (χ1v) is 8.46. The van der Waals surface area contributed by atoms with Crippen molar-refractivity contribution in [1.29, 1.82) is 0 Å². The number of carbonyl (C=O) groups excluding carboxylic acids is 2. The van der Waals surface area contributed by atoms with Gasteiger partial charge in [0.15, 0.2) is 0 Å². The average molecular weight is 338 g/mol. The first-order valence-electron chi connectivity index (χ1n) is 8.46. The maximum atomic E-state index is 12.5. The lowest BCUT2D eigenvalue weighted by molar-refractivity contribution is 0.0914. The predicted molar refractivity (Wildman–Crippen MR) is 96.5 cm³/mol. The predicted octanol–water partition coefficient (Wildman–Crippen LogP) is 2.06. The van der Waals surface area contributed by atoms with Crippen molar-refractivity contribution in [1.82, 2.24) is 15.6 Å². The van der Waals surface area contributed by atoms with Crippen LogP contribution in [0.4, 0.5) is 5.69 Å². The Hall–Kier alpha value is -2.73. The largest absolute Gasteiger partial charge is 0.348 e. The van der Waals surface area contributed by atoms with E-state index in [0.717, 1.165) is 19.5 Å². The number of nitrogens with one attached hydrogen (secondary N) is 3. The van der Waals surface area contributed by atoms with Gasteiger partial charge in [-0.15, -0.1) is 0 Å². The van der Waals surface area contributed by atoms with Crippen molar-refractivity contribution >= 4 is 17.5 Å². The topological polar surface area (TPSA) is 83.1 Å². The second kappa shape index (κ2) is 7.90. The summed E-state index contributed by atoms with van der Waals surface area (Å²) >= 11 is 0. The molecule has 2 heterocycles. The van der Waals surface area contributed by atoms with Crippen LogP contribution in [-0.2, 0) is 0 Å². The van der Waals surface area contributed by atoms with Gasteiger partial charge in [-0.05, 0) is 49.2 Å². The zero-order valence-corrected chi connectivity index (χ0v) is 14.2. The van der Waals surface area contributed by atoms with Gasteiger partial charge in [0.1, 0.15) is 0 Å². The van der Waals surface area contributed by atoms with Gasteiger partial charge >= 0.3 is 0 Å². The molecule has 6 heteroatoms. The lowest BCUT2D eigenvalue weighted by Gasteiger charge is -2.30. The molecule has 130 valence electrons. The van der Waals surface area contributed by atoms with Gasteiger partial charge in [0, 0.05) is 36.2 Å². The number of carbonyl (C=O) groups is 2. The number of aromatic nitrogens is 1. The molecule has 3 N–H and O–H groups in total. The fourth-order valence-corrected chi connectivity index (χ4v) is 2.87. The van der Waals surface area contributed by atoms with Gasteiger partial charge in [-0.2, -0.15) is 0 Å². The van der Waals surface area contributed by atoms with E-state index in [1.54, 1.807) is 42.6 Å². The minimum Gasteiger partial charge on any atom is -0.348 e. The summed E-state index contributed by atoms with van der Waals surface area (Å²) in [6, 6.07) is 10.5. The van der Waals surface area contributed by atoms with Crippen molar-refractivity contribution in [2.75, 3.05) is 18.4 Å². The SMILES string of the molecule is CC1CCNCC1NC(=O)c1cccc(NC(=O)c2cccnc2)c1. The highest BCUT2D eigenvalue weighted by Crippen LogP contribution is 2.15. The molecule has 6 nitrogen and oxygen atoms in total. The molecule has 2 amide bonds. The number of benzene rings is 1. The van der Waals surface area contributed by atoms with E-state index in [1.807, 2.05) is 0 Å². The first kappa shape index (κ1) is 17.1. The van der Waals surface area contributed by atoms with Gasteiger partial charge in [0.2, 0.25) is 0 Å². The van der Waals surface area contributed by atoms with Crippen LogP contribution < -0.4 is 16.0 Å². The summed E-state index contributed by atoms with van der Waals surface area (Å²) in [5.41, 5.74) is 1.58. The molecule has 0 saturated carbocycles. The summed E-state index contributed by atoms with van der Waals surface area (Å²) in [7, 11) is 0. The van der Waals surface area contributed by atoms with E-state index >= 15 is 0 Å². The minimum atomic E-state index is -0.254. The Kier molecular flexibility index (Phi) is 5.40. The Morgan fingerprint density at radius 3 is 2.76 bits per heavy atom. The van der Waals surface area contributed by atoms with Crippen LogP contribution in [0.5, 0.6) is 0 Å². The van der Waals surface area contributed by atoms with E-state index < -0.39 is 0 Å². The molecular weight excluding hydrogens is 316 g/mol. The molecule has 25 heavy (non-hydrogen) atoms. The summed E-state index contributed by atoms with van der Waals surface area (Å²) < 4.78 is 0. The molecule has 0 bridgehead atoms. The van der Waals surface area contributed by atoms with Gasteiger partial charge in [-0.1, -0.05) is 13.0 Å². The lowest BCUT2D eigenvalue weighted by atomic mass is 9.94. The number of pyridine rings is 1. The average Bonchev–Trinajstić information content (AvgIpc) is 2.64. The number of amides is 2. The molecule has 1 fully saturated rings. The normalized spacial score (nSPS) is 19.9. The molecule has 2 unspecified atom stereocenters. The number of anilines is 1. The molecular formula is C19H22N4O2. The fraction of sp³-hybridized carbons (Fsp3) is 0.316. The van der Waals surface area contributed by atoms with Crippen molar-refractivity contribution < 1.29 is 9.59 Å². The molecule has 1 aliphatic heterocycles. The molecule has 2 aromatic rings. The van der Waals surface area contributed by atoms with Crippen molar-refractivity contribution in [3.63, 3.8) is 0 Å². The molecule has 0 spiro atoms. The third-order valence-corrected chi connectivity index (χ3v) is 4.45. The van der Waals surface area contributed by atoms with Crippen LogP contribution in [0.3, 0.4) is 0 Å². The van der Waals surface area contributed by atoms with Gasteiger partial charge in [-0.25, -0.2) is 0 Å². The number of rotatable bonds is 4. The number of nitrogens with zero attached hydrogens (tertiary/aromatic N) is 1. The maximum Gasteiger partial charge on any atom is 0.257 e.